The van der Waals surface area contributed by atoms with Gasteiger partial charge in [-0.05, 0) is 25.8 Å². The van der Waals surface area contributed by atoms with Gasteiger partial charge in [-0.2, -0.15) is 0 Å². The molecule has 3 rings (SSSR count). The molecular formula is C18H19ClO6. The SMILES string of the molecule is C[C@H]1C[C@H]2O[C@@H]2CC/C=C/C(=O)Cc2c(Cl)c(O)cc(O)c2C(=O)O1. The fourth-order valence-electron chi connectivity index (χ4n) is 3.04. The smallest absolute Gasteiger partial charge is 0.342 e. The van der Waals surface area contributed by atoms with E-state index < -0.39 is 23.6 Å². The summed E-state index contributed by atoms with van der Waals surface area (Å²) in [4.78, 5) is 24.7. The van der Waals surface area contributed by atoms with Crippen molar-refractivity contribution in [2.45, 2.75) is 50.9 Å². The van der Waals surface area contributed by atoms with Gasteiger partial charge in [0, 0.05) is 24.5 Å². The number of hydrogen-bond donors (Lipinski definition) is 2. The Kier molecular flexibility index (Phi) is 5.01. The fraction of sp³-hybridized carbons (Fsp3) is 0.444. The second-order valence-electron chi connectivity index (χ2n) is 6.37. The maximum atomic E-state index is 12.5. The van der Waals surface area contributed by atoms with Crippen LogP contribution >= 0.6 is 11.6 Å². The lowest BCUT2D eigenvalue weighted by Gasteiger charge is -2.16. The summed E-state index contributed by atoms with van der Waals surface area (Å²) in [6.07, 6.45) is 4.74. The lowest BCUT2D eigenvalue weighted by atomic mass is 9.99. The number of benzene rings is 1. The van der Waals surface area contributed by atoms with E-state index in [1.807, 2.05) is 0 Å². The number of phenols is 2. The van der Waals surface area contributed by atoms with Crippen LogP contribution in [-0.4, -0.2) is 40.3 Å². The molecule has 2 N–H and O–H groups in total. The summed E-state index contributed by atoms with van der Waals surface area (Å²) in [5.74, 6) is -1.95. The first-order chi connectivity index (χ1) is 11.9. The number of halogens is 1. The Morgan fingerprint density at radius 1 is 1.20 bits per heavy atom. The number of ketones is 1. The summed E-state index contributed by atoms with van der Waals surface area (Å²) < 4.78 is 10.9. The highest BCUT2D eigenvalue weighted by Gasteiger charge is 2.39. The highest BCUT2D eigenvalue weighted by molar-refractivity contribution is 6.33. The van der Waals surface area contributed by atoms with Crippen LogP contribution in [0.15, 0.2) is 18.2 Å². The standard InChI is InChI=1S/C18H19ClO6/c1-9-6-15-14(25-15)5-3-2-4-10(20)7-11-16(18(23)24-9)12(21)8-13(22)17(11)19/h2,4,8-9,14-15,21-22H,3,5-7H2,1H3/b4-2+/t9-,14+,15+/m0/s1. The van der Waals surface area contributed by atoms with Crippen LogP contribution in [0, 0.1) is 0 Å². The number of esters is 1. The molecular weight excluding hydrogens is 348 g/mol. The number of fused-ring (bicyclic) bond motifs is 2. The molecule has 0 spiro atoms. The van der Waals surface area contributed by atoms with E-state index in [9.17, 15) is 19.8 Å². The zero-order chi connectivity index (χ0) is 18.1. The first-order valence-electron chi connectivity index (χ1n) is 8.16. The molecule has 6 nitrogen and oxygen atoms in total. The zero-order valence-electron chi connectivity index (χ0n) is 13.7. The quantitative estimate of drug-likeness (QED) is 0.541. The number of carbonyl (C=O) groups excluding carboxylic acids is 2. The molecule has 3 atom stereocenters. The number of ether oxygens (including phenoxy) is 2. The van der Waals surface area contributed by atoms with E-state index in [-0.39, 0.29) is 40.6 Å². The maximum Gasteiger partial charge on any atom is 0.342 e. The number of allylic oxidation sites excluding steroid dienone is 2. The van der Waals surface area contributed by atoms with Gasteiger partial charge in [0.2, 0.25) is 0 Å². The largest absolute Gasteiger partial charge is 0.507 e. The van der Waals surface area contributed by atoms with Gasteiger partial charge in [0.15, 0.2) is 5.78 Å². The van der Waals surface area contributed by atoms with E-state index in [1.165, 1.54) is 6.08 Å². The Morgan fingerprint density at radius 2 is 1.96 bits per heavy atom. The Hall–Kier alpha value is -2.05. The molecule has 0 aromatic heterocycles. The van der Waals surface area contributed by atoms with Crippen LogP contribution in [-0.2, 0) is 20.7 Å². The van der Waals surface area contributed by atoms with Crippen molar-refractivity contribution in [2.24, 2.45) is 0 Å². The van der Waals surface area contributed by atoms with E-state index in [0.29, 0.717) is 12.8 Å². The average molecular weight is 367 g/mol. The molecule has 0 radical (unpaired) electrons. The molecule has 0 amide bonds. The molecule has 134 valence electrons. The number of aromatic hydroxyl groups is 2. The Balaban J connectivity index is 1.98. The first kappa shape index (κ1) is 17.8. The Bertz CT molecular complexity index is 742. The highest BCUT2D eigenvalue weighted by atomic mass is 35.5. The number of hydrogen-bond acceptors (Lipinski definition) is 6. The van der Waals surface area contributed by atoms with Crippen LogP contribution in [0.25, 0.3) is 0 Å². The zero-order valence-corrected chi connectivity index (χ0v) is 14.5. The molecule has 0 aliphatic carbocycles. The monoisotopic (exact) mass is 366 g/mol. The van der Waals surface area contributed by atoms with E-state index >= 15 is 0 Å². The number of phenolic OH excluding ortho intramolecular Hbond substituents is 2. The number of rotatable bonds is 0. The van der Waals surface area contributed by atoms with Crippen molar-refractivity contribution in [1.82, 2.24) is 0 Å². The van der Waals surface area contributed by atoms with Crippen molar-refractivity contribution in [2.75, 3.05) is 0 Å². The predicted octanol–water partition coefficient (Wildman–Crippen LogP) is 2.92. The topological polar surface area (TPSA) is 96.4 Å². The summed E-state index contributed by atoms with van der Waals surface area (Å²) in [6.45, 7) is 1.74. The molecule has 2 aliphatic rings. The molecule has 1 aromatic carbocycles. The summed E-state index contributed by atoms with van der Waals surface area (Å²) in [6, 6.07) is 0.969. The molecule has 7 heteroatoms. The van der Waals surface area contributed by atoms with Gasteiger partial charge >= 0.3 is 5.97 Å². The van der Waals surface area contributed by atoms with E-state index in [1.54, 1.807) is 13.0 Å². The number of carbonyl (C=O) groups is 2. The summed E-state index contributed by atoms with van der Waals surface area (Å²) >= 11 is 6.07. The number of cyclic esters (lactones) is 1. The Morgan fingerprint density at radius 3 is 2.72 bits per heavy atom. The third-order valence-corrected chi connectivity index (χ3v) is 4.78. The van der Waals surface area contributed by atoms with Crippen molar-refractivity contribution < 1.29 is 29.3 Å². The molecule has 0 bridgehead atoms. The maximum absolute atomic E-state index is 12.5. The summed E-state index contributed by atoms with van der Waals surface area (Å²) in [5.41, 5.74) is -0.134. The molecule has 1 aromatic rings. The molecule has 2 aliphatic heterocycles. The highest BCUT2D eigenvalue weighted by Crippen LogP contribution is 2.38. The van der Waals surface area contributed by atoms with Gasteiger partial charge < -0.3 is 19.7 Å². The molecule has 1 fully saturated rings. The van der Waals surface area contributed by atoms with E-state index in [4.69, 9.17) is 21.1 Å². The van der Waals surface area contributed by atoms with Crippen LogP contribution in [0.5, 0.6) is 11.5 Å². The lowest BCUT2D eigenvalue weighted by Crippen LogP contribution is -2.20. The van der Waals surface area contributed by atoms with Crippen LogP contribution in [0.2, 0.25) is 5.02 Å². The third kappa shape index (κ3) is 3.96. The molecule has 25 heavy (non-hydrogen) atoms. The summed E-state index contributed by atoms with van der Waals surface area (Å²) in [7, 11) is 0. The Labute approximate surface area is 150 Å². The fourth-order valence-corrected chi connectivity index (χ4v) is 3.26. The minimum atomic E-state index is -0.784. The molecule has 0 saturated carbocycles. The van der Waals surface area contributed by atoms with Crippen molar-refractivity contribution in [3.05, 3.63) is 34.4 Å². The first-order valence-corrected chi connectivity index (χ1v) is 8.53. The molecule has 0 unspecified atom stereocenters. The van der Waals surface area contributed by atoms with Crippen LogP contribution in [0.4, 0.5) is 0 Å². The second kappa shape index (κ2) is 7.06. The normalized spacial score (nSPS) is 28.3. The second-order valence-corrected chi connectivity index (χ2v) is 6.75. The van der Waals surface area contributed by atoms with Gasteiger partial charge in [-0.3, -0.25) is 4.79 Å². The summed E-state index contributed by atoms with van der Waals surface area (Å²) in [5, 5.41) is 19.8. The van der Waals surface area contributed by atoms with Crippen molar-refractivity contribution >= 4 is 23.4 Å². The molecule has 2 heterocycles. The van der Waals surface area contributed by atoms with Crippen molar-refractivity contribution in [1.29, 1.82) is 0 Å². The van der Waals surface area contributed by atoms with Crippen molar-refractivity contribution in [3.8, 4) is 11.5 Å². The van der Waals surface area contributed by atoms with Crippen molar-refractivity contribution in [3.63, 3.8) is 0 Å². The van der Waals surface area contributed by atoms with E-state index in [2.05, 4.69) is 0 Å². The predicted molar refractivity (Wildman–Crippen MR) is 90.0 cm³/mol. The van der Waals surface area contributed by atoms with Crippen LogP contribution in [0.1, 0.15) is 42.1 Å². The number of epoxide rings is 1. The van der Waals surface area contributed by atoms with Gasteiger partial charge in [0.25, 0.3) is 0 Å². The average Bonchev–Trinajstić information content (AvgIpc) is 3.25. The van der Waals surface area contributed by atoms with Gasteiger partial charge in [0.1, 0.15) is 23.2 Å². The van der Waals surface area contributed by atoms with Crippen LogP contribution in [0.3, 0.4) is 0 Å². The molecule has 1 saturated heterocycles. The van der Waals surface area contributed by atoms with Gasteiger partial charge in [-0.1, -0.05) is 17.7 Å². The van der Waals surface area contributed by atoms with Crippen LogP contribution < -0.4 is 0 Å². The minimum absolute atomic E-state index is 0.0336. The lowest BCUT2D eigenvalue weighted by molar-refractivity contribution is -0.114. The van der Waals surface area contributed by atoms with E-state index in [0.717, 1.165) is 12.5 Å². The van der Waals surface area contributed by atoms with Gasteiger partial charge in [-0.25, -0.2) is 4.79 Å². The van der Waals surface area contributed by atoms with Gasteiger partial charge in [-0.15, -0.1) is 0 Å². The van der Waals surface area contributed by atoms with Gasteiger partial charge in [0.05, 0.1) is 17.2 Å². The minimum Gasteiger partial charge on any atom is -0.507 e. The third-order valence-electron chi connectivity index (χ3n) is 4.36.